The molecule has 2 aliphatic carbocycles. The van der Waals surface area contributed by atoms with Crippen LogP contribution < -0.4 is 0 Å². The molecule has 0 fully saturated rings. The van der Waals surface area contributed by atoms with Crippen LogP contribution >= 0.6 is 0 Å². The molecule has 0 nitrogen and oxygen atoms in total. The summed E-state index contributed by atoms with van der Waals surface area (Å²) in [5, 5.41) is 0. The Hall–Kier alpha value is -0.780. The van der Waals surface area contributed by atoms with E-state index in [0.29, 0.717) is 0 Å². The first-order valence-corrected chi connectivity index (χ1v) is 7.32. The molecule has 2 unspecified atom stereocenters. The summed E-state index contributed by atoms with van der Waals surface area (Å²) >= 11 is 0. The van der Waals surface area contributed by atoms with E-state index in [2.05, 4.69) is 32.9 Å². The number of fused-ring (bicyclic) bond motifs is 2. The monoisotopic (exact) mass is 228 g/mol. The molecule has 1 aromatic carbocycles. The van der Waals surface area contributed by atoms with E-state index in [1.807, 2.05) is 0 Å². The zero-order chi connectivity index (χ0) is 12.0. The van der Waals surface area contributed by atoms with Gasteiger partial charge in [-0.1, -0.05) is 32.9 Å². The lowest BCUT2D eigenvalue weighted by atomic mass is 9.84. The molecule has 1 aromatic rings. The molecule has 0 saturated heterocycles. The molecule has 0 heterocycles. The van der Waals surface area contributed by atoms with Gasteiger partial charge in [-0.2, -0.15) is 0 Å². The predicted molar refractivity (Wildman–Crippen MR) is 73.7 cm³/mol. The molecule has 0 spiro atoms. The molecule has 0 saturated carbocycles. The predicted octanol–water partition coefficient (Wildman–Crippen LogP) is 4.81. The summed E-state index contributed by atoms with van der Waals surface area (Å²) in [5.41, 5.74) is 6.68. The molecular weight excluding hydrogens is 204 g/mol. The van der Waals surface area contributed by atoms with Crippen molar-refractivity contribution in [3.63, 3.8) is 0 Å². The highest BCUT2D eigenvalue weighted by Gasteiger charge is 2.31. The third kappa shape index (κ3) is 1.82. The quantitative estimate of drug-likeness (QED) is 0.647. The van der Waals surface area contributed by atoms with Gasteiger partial charge < -0.3 is 0 Å². The van der Waals surface area contributed by atoms with Gasteiger partial charge in [0.05, 0.1) is 0 Å². The van der Waals surface area contributed by atoms with Gasteiger partial charge in [-0.05, 0) is 72.1 Å². The van der Waals surface area contributed by atoms with Gasteiger partial charge in [-0.15, -0.1) is 0 Å². The van der Waals surface area contributed by atoms with Crippen molar-refractivity contribution >= 4 is 0 Å². The van der Waals surface area contributed by atoms with Gasteiger partial charge in [0, 0.05) is 0 Å². The van der Waals surface area contributed by atoms with Crippen molar-refractivity contribution in [2.24, 2.45) is 5.92 Å². The largest absolute Gasteiger partial charge is 0.0622 e. The lowest BCUT2D eigenvalue weighted by Gasteiger charge is -2.21. The molecule has 0 N–H and O–H groups in total. The van der Waals surface area contributed by atoms with Crippen molar-refractivity contribution in [3.05, 3.63) is 34.4 Å². The van der Waals surface area contributed by atoms with E-state index in [9.17, 15) is 0 Å². The van der Waals surface area contributed by atoms with Crippen LogP contribution in [-0.4, -0.2) is 0 Å². The summed E-state index contributed by atoms with van der Waals surface area (Å²) in [6.07, 6.45) is 6.81. The average molecular weight is 228 g/mol. The van der Waals surface area contributed by atoms with Crippen molar-refractivity contribution in [1.82, 2.24) is 0 Å². The number of aryl methyl sites for hydroxylation is 2. The van der Waals surface area contributed by atoms with E-state index in [1.54, 1.807) is 22.3 Å². The van der Waals surface area contributed by atoms with E-state index in [1.165, 1.54) is 32.1 Å². The lowest BCUT2D eigenvalue weighted by molar-refractivity contribution is 0.475. The molecule has 0 heteroatoms. The van der Waals surface area contributed by atoms with Crippen LogP contribution in [0.4, 0.5) is 0 Å². The van der Waals surface area contributed by atoms with E-state index < -0.39 is 0 Å². The maximum absolute atomic E-state index is 2.57. The Labute approximate surface area is 105 Å². The second-order valence-electron chi connectivity index (χ2n) is 6.44. The molecule has 2 aliphatic rings. The first kappa shape index (κ1) is 11.3. The SMILES string of the molecule is CC1CC(C(C)C)c2cc3c(cc21)CCCC3. The van der Waals surface area contributed by atoms with Crippen molar-refractivity contribution in [1.29, 1.82) is 0 Å². The van der Waals surface area contributed by atoms with Crippen LogP contribution in [0.5, 0.6) is 0 Å². The minimum Gasteiger partial charge on any atom is -0.0622 e. The maximum Gasteiger partial charge on any atom is -0.0130 e. The lowest BCUT2D eigenvalue weighted by Crippen LogP contribution is -2.07. The highest BCUT2D eigenvalue weighted by atomic mass is 14.4. The summed E-state index contributed by atoms with van der Waals surface area (Å²) in [7, 11) is 0. The number of hydrogen-bond donors (Lipinski definition) is 0. The van der Waals surface area contributed by atoms with Crippen molar-refractivity contribution in [2.45, 2.75) is 64.7 Å². The van der Waals surface area contributed by atoms with Gasteiger partial charge >= 0.3 is 0 Å². The van der Waals surface area contributed by atoms with Crippen molar-refractivity contribution in [3.8, 4) is 0 Å². The van der Waals surface area contributed by atoms with Crippen LogP contribution in [0.15, 0.2) is 12.1 Å². The number of benzene rings is 1. The molecule has 2 atom stereocenters. The minimum atomic E-state index is 0.782. The Bertz CT molecular complexity index is 428. The summed E-state index contributed by atoms with van der Waals surface area (Å²) < 4.78 is 0. The van der Waals surface area contributed by atoms with E-state index in [0.717, 1.165) is 17.8 Å². The molecule has 0 amide bonds. The van der Waals surface area contributed by atoms with Gasteiger partial charge in [0.2, 0.25) is 0 Å². The fraction of sp³-hybridized carbons (Fsp3) is 0.647. The zero-order valence-corrected chi connectivity index (χ0v) is 11.4. The second-order valence-corrected chi connectivity index (χ2v) is 6.44. The highest BCUT2D eigenvalue weighted by Crippen LogP contribution is 2.46. The summed E-state index contributed by atoms with van der Waals surface area (Å²) in [6.45, 7) is 7.17. The zero-order valence-electron chi connectivity index (χ0n) is 11.4. The summed E-state index contributed by atoms with van der Waals surface area (Å²) in [4.78, 5) is 0. The third-order valence-corrected chi connectivity index (χ3v) is 4.89. The normalized spacial score (nSPS) is 27.1. The molecule has 17 heavy (non-hydrogen) atoms. The van der Waals surface area contributed by atoms with Crippen LogP contribution in [-0.2, 0) is 12.8 Å². The topological polar surface area (TPSA) is 0 Å². The fourth-order valence-electron chi connectivity index (χ4n) is 3.84. The van der Waals surface area contributed by atoms with Crippen LogP contribution in [0.1, 0.15) is 74.1 Å². The molecule has 0 bridgehead atoms. The first-order valence-electron chi connectivity index (χ1n) is 7.32. The second kappa shape index (κ2) is 4.15. The van der Waals surface area contributed by atoms with Gasteiger partial charge in [0.15, 0.2) is 0 Å². The minimum absolute atomic E-state index is 0.782. The number of hydrogen-bond acceptors (Lipinski definition) is 0. The Kier molecular flexibility index (Phi) is 2.77. The van der Waals surface area contributed by atoms with Crippen LogP contribution in [0, 0.1) is 5.92 Å². The van der Waals surface area contributed by atoms with Crippen LogP contribution in [0.25, 0.3) is 0 Å². The van der Waals surface area contributed by atoms with Gasteiger partial charge in [0.25, 0.3) is 0 Å². The Morgan fingerprint density at radius 1 is 1.00 bits per heavy atom. The summed E-state index contributed by atoms with van der Waals surface area (Å²) in [5.74, 6) is 2.39. The first-order chi connectivity index (χ1) is 8.16. The smallest absolute Gasteiger partial charge is 0.0130 e. The van der Waals surface area contributed by atoms with Crippen LogP contribution in [0.2, 0.25) is 0 Å². The molecule has 92 valence electrons. The summed E-state index contributed by atoms with van der Waals surface area (Å²) in [6, 6.07) is 5.12. The van der Waals surface area contributed by atoms with E-state index >= 15 is 0 Å². The van der Waals surface area contributed by atoms with Crippen LogP contribution in [0.3, 0.4) is 0 Å². The molecule has 0 radical (unpaired) electrons. The van der Waals surface area contributed by atoms with Crippen molar-refractivity contribution in [2.75, 3.05) is 0 Å². The molecule has 0 aromatic heterocycles. The fourth-order valence-corrected chi connectivity index (χ4v) is 3.84. The highest BCUT2D eigenvalue weighted by molar-refractivity contribution is 5.46. The standard InChI is InChI=1S/C17H24/c1-11(2)15-8-12(3)16-9-13-6-4-5-7-14(13)10-17(15)16/h9-12,15H,4-8H2,1-3H3. The number of rotatable bonds is 1. The van der Waals surface area contributed by atoms with Crippen molar-refractivity contribution < 1.29 is 0 Å². The maximum atomic E-state index is 2.57. The van der Waals surface area contributed by atoms with E-state index in [4.69, 9.17) is 0 Å². The Balaban J connectivity index is 2.07. The van der Waals surface area contributed by atoms with Gasteiger partial charge in [0.1, 0.15) is 0 Å². The van der Waals surface area contributed by atoms with E-state index in [-0.39, 0.29) is 0 Å². The third-order valence-electron chi connectivity index (χ3n) is 4.89. The molecular formula is C17H24. The Morgan fingerprint density at radius 3 is 2.18 bits per heavy atom. The Morgan fingerprint density at radius 2 is 1.59 bits per heavy atom. The average Bonchev–Trinajstić information content (AvgIpc) is 2.64. The molecule has 0 aliphatic heterocycles. The van der Waals surface area contributed by atoms with Gasteiger partial charge in [-0.3, -0.25) is 0 Å². The molecule has 3 rings (SSSR count). The van der Waals surface area contributed by atoms with Gasteiger partial charge in [-0.25, -0.2) is 0 Å².